The van der Waals surface area contributed by atoms with Crippen molar-refractivity contribution in [1.82, 2.24) is 0 Å². The zero-order valence-electron chi connectivity index (χ0n) is 10.7. The van der Waals surface area contributed by atoms with Crippen molar-refractivity contribution >= 4 is 29.2 Å². The molecule has 1 unspecified atom stereocenters. The third-order valence-electron chi connectivity index (χ3n) is 2.81. The smallest absolute Gasteiger partial charge is 0.306 e. The number of carbonyl (C=O) groups is 1. The first-order valence-corrected chi connectivity index (χ1v) is 7.53. The number of rotatable bonds is 11. The molecule has 0 radical (unpaired) electrons. The van der Waals surface area contributed by atoms with Gasteiger partial charge in [0.1, 0.15) is 0 Å². The van der Waals surface area contributed by atoms with Crippen LogP contribution in [0.2, 0.25) is 0 Å². The predicted octanol–water partition coefficient (Wildman–Crippen LogP) is 4.86. The standard InChI is InChI=1S/C13H24Cl2O2/c1-2-12(15)9-7-5-3-4-6-8-10-13(16)17-11-14/h12H,2-11H2,1H3. The topological polar surface area (TPSA) is 26.3 Å². The quantitative estimate of drug-likeness (QED) is 0.307. The van der Waals surface area contributed by atoms with Gasteiger partial charge in [-0.1, -0.05) is 50.6 Å². The molecule has 2 nitrogen and oxygen atoms in total. The molecule has 0 spiro atoms. The number of hydrogen-bond acceptors (Lipinski definition) is 2. The largest absolute Gasteiger partial charge is 0.449 e. The molecule has 17 heavy (non-hydrogen) atoms. The van der Waals surface area contributed by atoms with Crippen LogP contribution < -0.4 is 0 Å². The molecule has 0 rings (SSSR count). The van der Waals surface area contributed by atoms with E-state index in [0.29, 0.717) is 11.8 Å². The Hall–Kier alpha value is 0.0500. The van der Waals surface area contributed by atoms with Crippen molar-refractivity contribution in [3.05, 3.63) is 0 Å². The van der Waals surface area contributed by atoms with Gasteiger partial charge in [0, 0.05) is 11.8 Å². The number of hydrogen-bond donors (Lipinski definition) is 0. The maximum atomic E-state index is 11.0. The minimum absolute atomic E-state index is 0.0319. The summed E-state index contributed by atoms with van der Waals surface area (Å²) in [5.41, 5.74) is 0. The van der Waals surface area contributed by atoms with E-state index in [1.165, 1.54) is 25.7 Å². The zero-order chi connectivity index (χ0) is 12.9. The summed E-state index contributed by atoms with van der Waals surface area (Å²) < 4.78 is 4.64. The van der Waals surface area contributed by atoms with E-state index < -0.39 is 0 Å². The van der Waals surface area contributed by atoms with Crippen LogP contribution in [-0.2, 0) is 9.53 Å². The highest BCUT2D eigenvalue weighted by Crippen LogP contribution is 2.14. The summed E-state index contributed by atoms with van der Waals surface area (Å²) in [7, 11) is 0. The molecule has 0 saturated carbocycles. The summed E-state index contributed by atoms with van der Waals surface area (Å²) >= 11 is 11.3. The van der Waals surface area contributed by atoms with E-state index in [2.05, 4.69) is 11.7 Å². The molecule has 4 heteroatoms. The van der Waals surface area contributed by atoms with Crippen LogP contribution in [0.5, 0.6) is 0 Å². The second-order valence-corrected chi connectivity index (χ2v) is 5.13. The zero-order valence-corrected chi connectivity index (χ0v) is 12.2. The average Bonchev–Trinajstić information content (AvgIpc) is 2.32. The molecule has 0 amide bonds. The molecule has 0 aromatic carbocycles. The normalized spacial score (nSPS) is 12.4. The Morgan fingerprint density at radius 1 is 1.12 bits per heavy atom. The number of unbranched alkanes of at least 4 members (excludes halogenated alkanes) is 5. The van der Waals surface area contributed by atoms with Crippen molar-refractivity contribution in [2.75, 3.05) is 6.07 Å². The lowest BCUT2D eigenvalue weighted by Crippen LogP contribution is -2.02. The third kappa shape index (κ3) is 12.3. The fourth-order valence-corrected chi connectivity index (χ4v) is 1.96. The number of alkyl halides is 2. The van der Waals surface area contributed by atoms with E-state index in [4.69, 9.17) is 23.2 Å². The van der Waals surface area contributed by atoms with Crippen molar-refractivity contribution in [2.24, 2.45) is 0 Å². The molecule has 0 aliphatic carbocycles. The van der Waals surface area contributed by atoms with E-state index in [1.54, 1.807) is 0 Å². The molecule has 0 saturated heterocycles. The molecule has 0 aromatic heterocycles. The molecule has 0 aromatic rings. The van der Waals surface area contributed by atoms with Crippen LogP contribution in [0.15, 0.2) is 0 Å². The van der Waals surface area contributed by atoms with Gasteiger partial charge in [-0.2, -0.15) is 0 Å². The van der Waals surface area contributed by atoms with E-state index in [9.17, 15) is 4.79 Å². The average molecular weight is 283 g/mol. The molecule has 0 fully saturated rings. The molecule has 0 heterocycles. The van der Waals surface area contributed by atoms with Crippen molar-refractivity contribution < 1.29 is 9.53 Å². The van der Waals surface area contributed by atoms with E-state index in [-0.39, 0.29) is 12.0 Å². The Balaban J connectivity index is 3.11. The molecule has 0 bridgehead atoms. The Morgan fingerprint density at radius 2 is 1.71 bits per heavy atom. The fourth-order valence-electron chi connectivity index (χ4n) is 1.68. The second kappa shape index (κ2) is 12.5. The molecular formula is C13H24Cl2O2. The first-order chi connectivity index (χ1) is 8.20. The first kappa shape index (κ1) is 17.1. The molecule has 1 atom stereocenters. The van der Waals surface area contributed by atoms with Crippen LogP contribution in [0.4, 0.5) is 0 Å². The minimum Gasteiger partial charge on any atom is -0.449 e. The van der Waals surface area contributed by atoms with Crippen LogP contribution in [0.3, 0.4) is 0 Å². The fraction of sp³-hybridized carbons (Fsp3) is 0.923. The molecule has 0 aliphatic heterocycles. The van der Waals surface area contributed by atoms with Crippen LogP contribution in [0.1, 0.15) is 64.7 Å². The Bertz CT molecular complexity index is 186. The number of halogens is 2. The highest BCUT2D eigenvalue weighted by molar-refractivity contribution is 6.20. The molecule has 0 aliphatic rings. The Kier molecular flexibility index (Phi) is 12.5. The van der Waals surface area contributed by atoms with Crippen LogP contribution in [-0.4, -0.2) is 17.4 Å². The lowest BCUT2D eigenvalue weighted by Gasteiger charge is -2.05. The summed E-state index contributed by atoms with van der Waals surface area (Å²) in [5.74, 6) is -0.187. The van der Waals surface area contributed by atoms with Crippen LogP contribution in [0, 0.1) is 0 Å². The van der Waals surface area contributed by atoms with E-state index in [0.717, 1.165) is 25.7 Å². The summed E-state index contributed by atoms with van der Waals surface area (Å²) in [6.07, 6.45) is 9.56. The van der Waals surface area contributed by atoms with Gasteiger partial charge in [0.15, 0.2) is 6.07 Å². The van der Waals surface area contributed by atoms with Gasteiger partial charge in [-0.05, 0) is 19.3 Å². The maximum Gasteiger partial charge on any atom is 0.306 e. The number of ether oxygens (including phenoxy) is 1. The van der Waals surface area contributed by atoms with Crippen LogP contribution in [0.25, 0.3) is 0 Å². The van der Waals surface area contributed by atoms with Gasteiger partial charge in [-0.15, -0.1) is 11.6 Å². The third-order valence-corrected chi connectivity index (χ3v) is 3.44. The van der Waals surface area contributed by atoms with Crippen molar-refractivity contribution in [1.29, 1.82) is 0 Å². The number of esters is 1. The summed E-state index contributed by atoms with van der Waals surface area (Å²) in [6.45, 7) is 2.12. The lowest BCUT2D eigenvalue weighted by atomic mass is 10.1. The van der Waals surface area contributed by atoms with Crippen molar-refractivity contribution in [2.45, 2.75) is 70.1 Å². The predicted molar refractivity (Wildman–Crippen MR) is 73.7 cm³/mol. The molecule has 102 valence electrons. The SMILES string of the molecule is CCC(Cl)CCCCCCCCC(=O)OCCl. The molecular weight excluding hydrogens is 259 g/mol. The van der Waals surface area contributed by atoms with Crippen LogP contribution >= 0.6 is 23.2 Å². The van der Waals surface area contributed by atoms with Gasteiger partial charge in [0.25, 0.3) is 0 Å². The monoisotopic (exact) mass is 282 g/mol. The summed E-state index contributed by atoms with van der Waals surface area (Å²) in [4.78, 5) is 11.0. The highest BCUT2D eigenvalue weighted by Gasteiger charge is 2.02. The minimum atomic E-state index is -0.187. The van der Waals surface area contributed by atoms with Gasteiger partial charge >= 0.3 is 5.97 Å². The maximum absolute atomic E-state index is 11.0. The van der Waals surface area contributed by atoms with Gasteiger partial charge in [-0.25, -0.2) is 0 Å². The first-order valence-electron chi connectivity index (χ1n) is 6.56. The van der Waals surface area contributed by atoms with E-state index >= 15 is 0 Å². The Morgan fingerprint density at radius 3 is 2.29 bits per heavy atom. The highest BCUT2D eigenvalue weighted by atomic mass is 35.5. The van der Waals surface area contributed by atoms with Crippen molar-refractivity contribution in [3.8, 4) is 0 Å². The van der Waals surface area contributed by atoms with E-state index in [1.807, 2.05) is 0 Å². The van der Waals surface area contributed by atoms with Gasteiger partial charge in [-0.3, -0.25) is 4.79 Å². The number of carbonyl (C=O) groups excluding carboxylic acids is 1. The van der Waals surface area contributed by atoms with Gasteiger partial charge in [0.2, 0.25) is 0 Å². The van der Waals surface area contributed by atoms with Gasteiger partial charge in [0.05, 0.1) is 0 Å². The second-order valence-electron chi connectivity index (χ2n) is 4.29. The van der Waals surface area contributed by atoms with Gasteiger partial charge < -0.3 is 4.74 Å². The lowest BCUT2D eigenvalue weighted by molar-refractivity contribution is -0.141. The summed E-state index contributed by atoms with van der Waals surface area (Å²) in [5, 5.41) is 0.348. The Labute approximate surface area is 115 Å². The molecule has 0 N–H and O–H groups in total. The van der Waals surface area contributed by atoms with Crippen molar-refractivity contribution in [3.63, 3.8) is 0 Å². The summed E-state index contributed by atoms with van der Waals surface area (Å²) in [6, 6.07) is -0.0319.